The molecular weight excluding hydrogens is 634 g/mol. The summed E-state index contributed by atoms with van der Waals surface area (Å²) in [7, 11) is 0. The predicted molar refractivity (Wildman–Crippen MR) is 192 cm³/mol. The van der Waals surface area contributed by atoms with Crippen LogP contribution in [0.5, 0.6) is 11.5 Å². The predicted octanol–water partition coefficient (Wildman–Crippen LogP) is 9.04. The molecule has 4 aliphatic rings. The van der Waals surface area contributed by atoms with Gasteiger partial charge in [-0.2, -0.15) is 0 Å². The molecule has 2 aromatic rings. The minimum absolute atomic E-state index is 0.0253. The first-order chi connectivity index (χ1) is 24.0. The Morgan fingerprint density at radius 3 is 1.46 bits per heavy atom. The van der Waals surface area contributed by atoms with Gasteiger partial charge in [-0.3, -0.25) is 9.59 Å². The van der Waals surface area contributed by atoms with E-state index in [0.717, 1.165) is 99.3 Å². The highest BCUT2D eigenvalue weighted by atomic mass is 19.1. The standard InChI is InChI=1S/C42H58F2N2O4/c1-41-19-13-7-9-15-27(39(41)45)21-31-33(41)23-29(25-35(31)43)49-37(47)17-11-5-3-4-6-12-18-38(48)50-30-24-34-32(36(44)26-30)22-28-16-10-8-14-20-42(34,2)40(28)46/h23-28,39-40H,3-22,45-46H2,1-2H3/t27-,28?,39-,40-,41+,42+/m0/s1. The molecule has 2 aromatic carbocycles. The Kier molecular flexibility index (Phi) is 11.7. The summed E-state index contributed by atoms with van der Waals surface area (Å²) < 4.78 is 41.9. The second-order valence-corrected chi connectivity index (χ2v) is 16.4. The fraction of sp³-hybridized carbons (Fsp3) is 0.667. The van der Waals surface area contributed by atoms with Gasteiger partial charge in [-0.1, -0.05) is 78.1 Å². The molecule has 0 amide bonds. The first-order valence-electron chi connectivity index (χ1n) is 19.6. The van der Waals surface area contributed by atoms with E-state index in [1.165, 1.54) is 25.0 Å². The molecule has 0 saturated heterocycles. The number of halogens is 2. The van der Waals surface area contributed by atoms with Crippen LogP contribution in [0, 0.1) is 23.5 Å². The number of hydrogen-bond acceptors (Lipinski definition) is 6. The van der Waals surface area contributed by atoms with Crippen molar-refractivity contribution in [3.63, 3.8) is 0 Å². The van der Waals surface area contributed by atoms with Crippen LogP contribution in [0.4, 0.5) is 8.78 Å². The molecule has 0 aliphatic heterocycles. The molecule has 0 heterocycles. The van der Waals surface area contributed by atoms with Gasteiger partial charge in [-0.25, -0.2) is 8.78 Å². The van der Waals surface area contributed by atoms with Crippen LogP contribution in [0.15, 0.2) is 24.3 Å². The van der Waals surface area contributed by atoms with Crippen LogP contribution in [0.25, 0.3) is 0 Å². The Labute approximate surface area is 297 Å². The molecule has 6 nitrogen and oxygen atoms in total. The number of ether oxygens (including phenoxy) is 2. The lowest BCUT2D eigenvalue weighted by molar-refractivity contribution is -0.135. The maximum Gasteiger partial charge on any atom is 0.311 e. The Balaban J connectivity index is 0.909. The minimum atomic E-state index is -0.350. The van der Waals surface area contributed by atoms with E-state index in [1.54, 1.807) is 0 Å². The van der Waals surface area contributed by atoms with Crippen molar-refractivity contribution in [2.24, 2.45) is 23.3 Å². The van der Waals surface area contributed by atoms with E-state index in [-0.39, 0.29) is 82.7 Å². The maximum atomic E-state index is 15.3. The van der Waals surface area contributed by atoms with E-state index in [9.17, 15) is 9.59 Å². The Bertz CT molecular complexity index is 1430. The van der Waals surface area contributed by atoms with E-state index in [1.807, 2.05) is 12.1 Å². The molecular formula is C42H58F2N2O4. The Morgan fingerprint density at radius 1 is 0.640 bits per heavy atom. The average Bonchev–Trinajstić information content (AvgIpc) is 3.07. The second kappa shape index (κ2) is 15.8. The van der Waals surface area contributed by atoms with Crippen LogP contribution < -0.4 is 20.9 Å². The number of carbonyl (C=O) groups excluding carboxylic acids is 2. The summed E-state index contributed by atoms with van der Waals surface area (Å²) in [6, 6.07) is 6.41. The topological polar surface area (TPSA) is 105 Å². The first kappa shape index (κ1) is 36.9. The van der Waals surface area contributed by atoms with Gasteiger partial charge in [0.25, 0.3) is 0 Å². The van der Waals surface area contributed by atoms with Crippen LogP contribution in [-0.2, 0) is 33.3 Å². The quantitative estimate of drug-likeness (QED) is 0.138. The lowest BCUT2D eigenvalue weighted by Gasteiger charge is -2.47. The zero-order valence-electron chi connectivity index (χ0n) is 30.3. The van der Waals surface area contributed by atoms with Gasteiger partial charge < -0.3 is 20.9 Å². The zero-order valence-corrected chi connectivity index (χ0v) is 30.3. The SMILES string of the molecule is C[C@@]12CCCCCC(Cc3c(F)cc(OC(=O)CCCCCCCCC(=O)Oc4cc(F)c5c(c4)[C@@]4(C)CCCCC[C@@H](C5)[C@@H]4N)cc31)[C@@H]2N. The van der Waals surface area contributed by atoms with Crippen molar-refractivity contribution in [1.29, 1.82) is 0 Å². The van der Waals surface area contributed by atoms with Crippen LogP contribution in [0.1, 0.15) is 152 Å². The molecule has 1 unspecified atom stereocenters. The number of esters is 2. The van der Waals surface area contributed by atoms with Gasteiger partial charge in [0.15, 0.2) is 0 Å². The normalized spacial score (nSPS) is 29.0. The fourth-order valence-corrected chi connectivity index (χ4v) is 9.88. The second-order valence-electron chi connectivity index (χ2n) is 16.4. The molecule has 274 valence electrons. The number of unbranched alkanes of at least 4 members (excludes halogenated alkanes) is 5. The number of carbonyl (C=O) groups is 2. The average molecular weight is 693 g/mol. The lowest BCUT2D eigenvalue weighted by atomic mass is 9.60. The van der Waals surface area contributed by atoms with Crippen molar-refractivity contribution in [2.75, 3.05) is 0 Å². The molecule has 0 radical (unpaired) electrons. The van der Waals surface area contributed by atoms with Gasteiger partial charge in [-0.05, 0) is 97.6 Å². The van der Waals surface area contributed by atoms with Gasteiger partial charge in [0.1, 0.15) is 23.1 Å². The number of fused-ring (bicyclic) bond motifs is 8. The summed E-state index contributed by atoms with van der Waals surface area (Å²) in [4.78, 5) is 25.4. The van der Waals surface area contributed by atoms with Gasteiger partial charge in [-0.15, -0.1) is 0 Å². The van der Waals surface area contributed by atoms with Crippen LogP contribution in [0.2, 0.25) is 0 Å². The fourth-order valence-electron chi connectivity index (χ4n) is 9.88. The zero-order chi connectivity index (χ0) is 35.5. The summed E-state index contributed by atoms with van der Waals surface area (Å²) in [5.74, 6) is -0.164. The largest absolute Gasteiger partial charge is 0.426 e. The van der Waals surface area contributed by atoms with E-state index >= 15 is 8.78 Å². The molecule has 2 saturated carbocycles. The molecule has 4 aliphatic carbocycles. The van der Waals surface area contributed by atoms with Crippen molar-refractivity contribution < 1.29 is 27.8 Å². The van der Waals surface area contributed by atoms with E-state index in [2.05, 4.69) is 13.8 Å². The van der Waals surface area contributed by atoms with Crippen molar-refractivity contribution in [3.8, 4) is 11.5 Å². The van der Waals surface area contributed by atoms with E-state index < -0.39 is 0 Å². The molecule has 2 fully saturated rings. The minimum Gasteiger partial charge on any atom is -0.426 e. The molecule has 6 atom stereocenters. The molecule has 4 bridgehead atoms. The van der Waals surface area contributed by atoms with Crippen molar-refractivity contribution in [1.82, 2.24) is 0 Å². The number of nitrogens with two attached hydrogens (primary N) is 2. The van der Waals surface area contributed by atoms with Gasteiger partial charge >= 0.3 is 11.9 Å². The summed E-state index contributed by atoms with van der Waals surface area (Å²) in [6.07, 6.45) is 17.5. The summed E-state index contributed by atoms with van der Waals surface area (Å²) >= 11 is 0. The van der Waals surface area contributed by atoms with Crippen molar-refractivity contribution in [3.05, 3.63) is 58.2 Å². The Morgan fingerprint density at radius 2 is 1.04 bits per heavy atom. The molecule has 6 rings (SSSR count). The van der Waals surface area contributed by atoms with Crippen LogP contribution >= 0.6 is 0 Å². The van der Waals surface area contributed by atoms with Crippen molar-refractivity contribution in [2.45, 2.75) is 165 Å². The smallest absolute Gasteiger partial charge is 0.311 e. The third-order valence-electron chi connectivity index (χ3n) is 13.0. The third kappa shape index (κ3) is 7.81. The van der Waals surface area contributed by atoms with Gasteiger partial charge in [0.2, 0.25) is 0 Å². The number of rotatable bonds is 11. The maximum absolute atomic E-state index is 15.3. The Hall–Kier alpha value is -2.84. The van der Waals surface area contributed by atoms with Crippen LogP contribution in [0.3, 0.4) is 0 Å². The third-order valence-corrected chi connectivity index (χ3v) is 13.0. The summed E-state index contributed by atoms with van der Waals surface area (Å²) in [5.41, 5.74) is 16.2. The van der Waals surface area contributed by atoms with Gasteiger partial charge in [0, 0.05) is 47.9 Å². The summed E-state index contributed by atoms with van der Waals surface area (Å²) in [6.45, 7) is 4.31. The number of hydrogen-bond donors (Lipinski definition) is 2. The summed E-state index contributed by atoms with van der Waals surface area (Å²) in [5, 5.41) is 0. The van der Waals surface area contributed by atoms with E-state index in [4.69, 9.17) is 20.9 Å². The highest BCUT2D eigenvalue weighted by molar-refractivity contribution is 5.73. The van der Waals surface area contributed by atoms with Crippen molar-refractivity contribution >= 4 is 11.9 Å². The number of benzene rings is 2. The van der Waals surface area contributed by atoms with Gasteiger partial charge in [0.05, 0.1) is 0 Å². The molecule has 0 spiro atoms. The van der Waals surface area contributed by atoms with E-state index in [0.29, 0.717) is 25.7 Å². The highest BCUT2D eigenvalue weighted by Crippen LogP contribution is 2.49. The molecule has 8 heteroatoms. The lowest BCUT2D eigenvalue weighted by Crippen LogP contribution is -2.53. The van der Waals surface area contributed by atoms with Crippen LogP contribution in [-0.4, -0.2) is 24.0 Å². The first-order valence-corrected chi connectivity index (χ1v) is 19.6. The molecule has 50 heavy (non-hydrogen) atoms. The monoisotopic (exact) mass is 692 g/mol. The molecule has 0 aromatic heterocycles. The highest BCUT2D eigenvalue weighted by Gasteiger charge is 2.46. The molecule has 4 N–H and O–H groups in total.